The summed E-state index contributed by atoms with van der Waals surface area (Å²) in [7, 11) is 2.12. The standard InChI is InChI=1S/C14H23N3O2S/c1-10-9-13(16-19-10)15-14(18)7-8-17(2)11-5-4-6-12(11)20-3/h9,11-12H,4-8H2,1-3H3,(H,15,16,18). The predicted octanol–water partition coefficient (Wildman–Crippen LogP) is 2.53. The molecule has 112 valence electrons. The molecule has 6 heteroatoms. The van der Waals surface area contributed by atoms with Gasteiger partial charge in [0.1, 0.15) is 5.76 Å². The number of aryl methyl sites for hydroxylation is 1. The number of hydrogen-bond donors (Lipinski definition) is 1. The Balaban J connectivity index is 1.75. The number of nitrogens with one attached hydrogen (secondary N) is 1. The Hall–Kier alpha value is -1.01. The van der Waals surface area contributed by atoms with Crippen LogP contribution in [0.15, 0.2) is 10.6 Å². The van der Waals surface area contributed by atoms with Crippen LogP contribution in [0.2, 0.25) is 0 Å². The van der Waals surface area contributed by atoms with Crippen LogP contribution in [0.5, 0.6) is 0 Å². The first-order valence-electron chi connectivity index (χ1n) is 7.06. The molecule has 0 aliphatic heterocycles. The highest BCUT2D eigenvalue weighted by Gasteiger charge is 2.29. The number of anilines is 1. The maximum atomic E-state index is 11.9. The van der Waals surface area contributed by atoms with E-state index in [2.05, 4.69) is 28.7 Å². The normalized spacial score (nSPS) is 22.4. The van der Waals surface area contributed by atoms with Gasteiger partial charge in [-0.1, -0.05) is 11.6 Å². The molecule has 1 heterocycles. The second-order valence-corrected chi connectivity index (χ2v) is 6.45. The summed E-state index contributed by atoms with van der Waals surface area (Å²) in [5.74, 6) is 1.19. The minimum absolute atomic E-state index is 0.0103. The molecule has 0 spiro atoms. The molecular weight excluding hydrogens is 274 g/mol. The minimum Gasteiger partial charge on any atom is -0.360 e. The highest BCUT2D eigenvalue weighted by atomic mass is 32.2. The summed E-state index contributed by atoms with van der Waals surface area (Å²) in [5.41, 5.74) is 0. The van der Waals surface area contributed by atoms with Crippen molar-refractivity contribution in [2.45, 2.75) is 43.9 Å². The summed E-state index contributed by atoms with van der Waals surface area (Å²) >= 11 is 1.94. The van der Waals surface area contributed by atoms with Gasteiger partial charge >= 0.3 is 0 Å². The quantitative estimate of drug-likeness (QED) is 0.874. The van der Waals surface area contributed by atoms with E-state index in [1.54, 1.807) is 13.0 Å². The van der Waals surface area contributed by atoms with E-state index in [1.807, 2.05) is 11.8 Å². The zero-order valence-electron chi connectivity index (χ0n) is 12.4. The van der Waals surface area contributed by atoms with Crippen LogP contribution in [-0.2, 0) is 4.79 Å². The molecule has 1 aromatic rings. The Morgan fingerprint density at radius 3 is 3.05 bits per heavy atom. The summed E-state index contributed by atoms with van der Waals surface area (Å²) in [6.45, 7) is 2.59. The zero-order valence-corrected chi connectivity index (χ0v) is 13.2. The maximum Gasteiger partial charge on any atom is 0.226 e. The van der Waals surface area contributed by atoms with E-state index < -0.39 is 0 Å². The predicted molar refractivity (Wildman–Crippen MR) is 82.1 cm³/mol. The van der Waals surface area contributed by atoms with Gasteiger partial charge in [-0.3, -0.25) is 4.79 Å². The van der Waals surface area contributed by atoms with Crippen molar-refractivity contribution >= 4 is 23.5 Å². The van der Waals surface area contributed by atoms with Gasteiger partial charge in [-0.25, -0.2) is 0 Å². The summed E-state index contributed by atoms with van der Waals surface area (Å²) in [5, 5.41) is 7.23. The SMILES string of the molecule is CSC1CCCC1N(C)CCC(=O)Nc1cc(C)on1. The molecule has 0 aromatic carbocycles. The number of carbonyl (C=O) groups excluding carboxylic acids is 1. The monoisotopic (exact) mass is 297 g/mol. The lowest BCUT2D eigenvalue weighted by atomic mass is 10.2. The summed E-state index contributed by atoms with van der Waals surface area (Å²) < 4.78 is 4.92. The van der Waals surface area contributed by atoms with Crippen molar-refractivity contribution in [2.24, 2.45) is 0 Å². The second kappa shape index (κ2) is 7.13. The van der Waals surface area contributed by atoms with Gasteiger partial charge in [-0.2, -0.15) is 11.8 Å². The van der Waals surface area contributed by atoms with E-state index >= 15 is 0 Å². The lowest BCUT2D eigenvalue weighted by Crippen LogP contribution is -2.37. The van der Waals surface area contributed by atoms with E-state index in [9.17, 15) is 4.79 Å². The topological polar surface area (TPSA) is 58.4 Å². The fourth-order valence-corrected chi connectivity index (χ4v) is 3.82. The molecule has 0 radical (unpaired) electrons. The summed E-state index contributed by atoms with van der Waals surface area (Å²) in [4.78, 5) is 14.2. The molecule has 1 aliphatic carbocycles. The van der Waals surface area contributed by atoms with Crippen LogP contribution in [0.1, 0.15) is 31.4 Å². The van der Waals surface area contributed by atoms with Crippen LogP contribution < -0.4 is 5.32 Å². The highest BCUT2D eigenvalue weighted by molar-refractivity contribution is 7.99. The van der Waals surface area contributed by atoms with Crippen LogP contribution >= 0.6 is 11.8 Å². The highest BCUT2D eigenvalue weighted by Crippen LogP contribution is 2.31. The smallest absolute Gasteiger partial charge is 0.226 e. The van der Waals surface area contributed by atoms with Crippen molar-refractivity contribution in [1.29, 1.82) is 0 Å². The number of rotatable bonds is 6. The van der Waals surface area contributed by atoms with Gasteiger partial charge in [0.25, 0.3) is 0 Å². The fraction of sp³-hybridized carbons (Fsp3) is 0.714. The van der Waals surface area contributed by atoms with Crippen LogP contribution in [-0.4, -0.2) is 47.1 Å². The van der Waals surface area contributed by atoms with Crippen molar-refractivity contribution in [3.05, 3.63) is 11.8 Å². The lowest BCUT2D eigenvalue weighted by molar-refractivity contribution is -0.116. The van der Waals surface area contributed by atoms with Crippen LogP contribution in [0, 0.1) is 6.92 Å². The molecule has 2 rings (SSSR count). The number of aromatic nitrogens is 1. The Morgan fingerprint density at radius 2 is 2.40 bits per heavy atom. The van der Waals surface area contributed by atoms with E-state index in [0.29, 0.717) is 29.3 Å². The molecule has 1 amide bonds. The van der Waals surface area contributed by atoms with Crippen molar-refractivity contribution in [3.8, 4) is 0 Å². The Morgan fingerprint density at radius 1 is 1.60 bits per heavy atom. The van der Waals surface area contributed by atoms with Gasteiger partial charge in [0.15, 0.2) is 5.82 Å². The van der Waals surface area contributed by atoms with Crippen LogP contribution in [0.4, 0.5) is 5.82 Å². The van der Waals surface area contributed by atoms with Gasteiger partial charge in [-0.15, -0.1) is 0 Å². The third-order valence-electron chi connectivity index (χ3n) is 3.87. The van der Waals surface area contributed by atoms with Gasteiger partial charge < -0.3 is 14.7 Å². The molecule has 0 bridgehead atoms. The van der Waals surface area contributed by atoms with E-state index in [0.717, 1.165) is 6.54 Å². The molecule has 1 saturated carbocycles. The summed E-state index contributed by atoms with van der Waals surface area (Å²) in [6.07, 6.45) is 6.49. The van der Waals surface area contributed by atoms with Crippen molar-refractivity contribution in [1.82, 2.24) is 10.1 Å². The average Bonchev–Trinajstić information content (AvgIpc) is 3.04. The van der Waals surface area contributed by atoms with Gasteiger partial charge in [0.05, 0.1) is 0 Å². The zero-order chi connectivity index (χ0) is 14.5. The van der Waals surface area contributed by atoms with Crippen molar-refractivity contribution in [2.75, 3.05) is 25.2 Å². The van der Waals surface area contributed by atoms with E-state index in [-0.39, 0.29) is 5.91 Å². The Bertz CT molecular complexity index is 449. The third kappa shape index (κ3) is 3.99. The van der Waals surface area contributed by atoms with Crippen molar-refractivity contribution < 1.29 is 9.32 Å². The molecule has 5 nitrogen and oxygen atoms in total. The van der Waals surface area contributed by atoms with Gasteiger partial charge in [0, 0.05) is 30.3 Å². The second-order valence-electron chi connectivity index (χ2n) is 5.37. The van der Waals surface area contributed by atoms with Crippen LogP contribution in [0.25, 0.3) is 0 Å². The van der Waals surface area contributed by atoms with E-state index in [4.69, 9.17) is 4.52 Å². The van der Waals surface area contributed by atoms with E-state index in [1.165, 1.54) is 19.3 Å². The number of nitrogens with zero attached hydrogens (tertiary/aromatic N) is 2. The first-order valence-corrected chi connectivity index (χ1v) is 8.35. The summed E-state index contributed by atoms with van der Waals surface area (Å²) in [6, 6.07) is 2.33. The minimum atomic E-state index is -0.0103. The molecule has 0 saturated heterocycles. The maximum absolute atomic E-state index is 11.9. The molecule has 2 atom stereocenters. The molecule has 1 aliphatic rings. The number of thioether (sulfide) groups is 1. The number of amides is 1. The molecule has 1 N–H and O–H groups in total. The lowest BCUT2D eigenvalue weighted by Gasteiger charge is -2.28. The molecule has 2 unspecified atom stereocenters. The van der Waals surface area contributed by atoms with Gasteiger partial charge in [0.2, 0.25) is 5.91 Å². The third-order valence-corrected chi connectivity index (χ3v) is 5.03. The Kier molecular flexibility index (Phi) is 5.48. The number of carbonyl (C=O) groups is 1. The van der Waals surface area contributed by atoms with Crippen LogP contribution in [0.3, 0.4) is 0 Å². The number of hydrogen-bond acceptors (Lipinski definition) is 5. The average molecular weight is 297 g/mol. The molecule has 1 aromatic heterocycles. The molecular formula is C14H23N3O2S. The van der Waals surface area contributed by atoms with Crippen molar-refractivity contribution in [3.63, 3.8) is 0 Å². The largest absolute Gasteiger partial charge is 0.360 e. The first kappa shape index (κ1) is 15.4. The fourth-order valence-electron chi connectivity index (χ4n) is 2.76. The Labute approximate surface area is 124 Å². The first-order chi connectivity index (χ1) is 9.60. The molecule has 20 heavy (non-hydrogen) atoms. The van der Waals surface area contributed by atoms with Gasteiger partial charge in [-0.05, 0) is 33.1 Å². The molecule has 1 fully saturated rings.